The lowest BCUT2D eigenvalue weighted by molar-refractivity contribution is 0.0946. The second-order valence-electron chi connectivity index (χ2n) is 5.44. The molecule has 0 unspecified atom stereocenters. The molecule has 0 atom stereocenters. The van der Waals surface area contributed by atoms with Gasteiger partial charge in [0, 0.05) is 36.1 Å². The molecule has 0 fully saturated rings. The molecule has 0 bridgehead atoms. The molecular weight excluding hydrogens is 306 g/mol. The van der Waals surface area contributed by atoms with E-state index >= 15 is 0 Å². The van der Waals surface area contributed by atoms with E-state index in [0.29, 0.717) is 6.54 Å². The van der Waals surface area contributed by atoms with Gasteiger partial charge in [0.2, 0.25) is 0 Å². The largest absolute Gasteiger partial charge is 0.358 e. The molecule has 4 rings (SSSR count). The Morgan fingerprint density at radius 1 is 1.22 bits per heavy atom. The predicted octanol–water partition coefficient (Wildman–Crippen LogP) is 3.59. The molecule has 0 saturated carbocycles. The van der Waals surface area contributed by atoms with E-state index in [0.717, 1.165) is 34.6 Å². The zero-order valence-corrected chi connectivity index (χ0v) is 13.2. The Balaban J connectivity index is 1.65. The van der Waals surface area contributed by atoms with Crippen molar-refractivity contribution in [1.82, 2.24) is 15.3 Å². The average molecular weight is 321 g/mol. The summed E-state index contributed by atoms with van der Waals surface area (Å²) in [5.41, 5.74) is 5.82. The summed E-state index contributed by atoms with van der Waals surface area (Å²) in [5.74, 6) is 0.000355. The Kier molecular flexibility index (Phi) is 3.55. The molecule has 0 spiro atoms. The third-order valence-corrected chi connectivity index (χ3v) is 4.59. The van der Waals surface area contributed by atoms with Gasteiger partial charge in [0.15, 0.2) is 0 Å². The second kappa shape index (κ2) is 5.85. The first-order valence-corrected chi connectivity index (χ1v) is 8.41. The van der Waals surface area contributed by atoms with Crippen LogP contribution >= 0.6 is 11.3 Å². The summed E-state index contributed by atoms with van der Waals surface area (Å²) in [6.45, 7) is 0.691. The van der Waals surface area contributed by atoms with Gasteiger partial charge in [0.25, 0.3) is 5.91 Å². The van der Waals surface area contributed by atoms with Crippen LogP contribution in [0, 0.1) is 0 Å². The van der Waals surface area contributed by atoms with E-state index in [1.165, 1.54) is 5.56 Å². The lowest BCUT2D eigenvalue weighted by Crippen LogP contribution is -2.31. The van der Waals surface area contributed by atoms with Crippen LogP contribution in [0.4, 0.5) is 0 Å². The molecule has 1 amide bonds. The molecule has 4 heterocycles. The number of aromatic nitrogens is 2. The molecule has 1 aliphatic heterocycles. The number of aromatic amines is 1. The number of H-pyrrole nitrogens is 1. The smallest absolute Gasteiger partial charge is 0.253 e. The summed E-state index contributed by atoms with van der Waals surface area (Å²) in [5, 5.41) is 7.02. The lowest BCUT2D eigenvalue weighted by Gasteiger charge is -2.10. The molecule has 3 aromatic heterocycles. The van der Waals surface area contributed by atoms with Crippen LogP contribution in [0.15, 0.2) is 41.2 Å². The van der Waals surface area contributed by atoms with Gasteiger partial charge in [-0.25, -0.2) is 0 Å². The van der Waals surface area contributed by atoms with E-state index in [-0.39, 0.29) is 5.91 Å². The van der Waals surface area contributed by atoms with Crippen molar-refractivity contribution in [3.63, 3.8) is 0 Å². The zero-order valence-electron chi connectivity index (χ0n) is 12.4. The summed E-state index contributed by atoms with van der Waals surface area (Å²) >= 11 is 1.68. The van der Waals surface area contributed by atoms with Crippen LogP contribution in [-0.4, -0.2) is 22.4 Å². The molecule has 4 nitrogen and oxygen atoms in total. The molecule has 0 aliphatic carbocycles. The van der Waals surface area contributed by atoms with Gasteiger partial charge in [-0.3, -0.25) is 9.78 Å². The van der Waals surface area contributed by atoms with Crippen molar-refractivity contribution < 1.29 is 4.79 Å². The minimum absolute atomic E-state index is 0.000355. The minimum Gasteiger partial charge on any atom is -0.358 e. The third-order valence-electron chi connectivity index (χ3n) is 3.89. The maximum absolute atomic E-state index is 11.9. The van der Waals surface area contributed by atoms with Gasteiger partial charge in [-0.1, -0.05) is 6.08 Å². The fourth-order valence-electron chi connectivity index (χ4n) is 2.71. The van der Waals surface area contributed by atoms with Gasteiger partial charge < -0.3 is 10.3 Å². The highest BCUT2D eigenvalue weighted by Crippen LogP contribution is 2.24. The van der Waals surface area contributed by atoms with E-state index in [2.05, 4.69) is 38.2 Å². The average Bonchev–Trinajstić information content (AvgIpc) is 3.23. The van der Waals surface area contributed by atoms with Crippen LogP contribution in [0.2, 0.25) is 0 Å². The first-order valence-electron chi connectivity index (χ1n) is 7.46. The number of nitrogens with zero attached hydrogens (tertiary/aromatic N) is 1. The Labute approximate surface area is 137 Å². The zero-order chi connectivity index (χ0) is 15.6. The Bertz CT molecular complexity index is 878. The number of carbonyl (C=O) groups is 1. The quantitative estimate of drug-likeness (QED) is 0.774. The minimum atomic E-state index is 0.000355. The second-order valence-corrected chi connectivity index (χ2v) is 6.22. The topological polar surface area (TPSA) is 57.8 Å². The van der Waals surface area contributed by atoms with Gasteiger partial charge in [-0.15, -0.1) is 0 Å². The van der Waals surface area contributed by atoms with Crippen LogP contribution in [0.5, 0.6) is 0 Å². The normalized spacial score (nSPS) is 14.0. The predicted molar refractivity (Wildman–Crippen MR) is 93.3 cm³/mol. The van der Waals surface area contributed by atoms with E-state index in [1.54, 1.807) is 17.5 Å². The van der Waals surface area contributed by atoms with Gasteiger partial charge >= 0.3 is 0 Å². The summed E-state index contributed by atoms with van der Waals surface area (Å²) in [6, 6.07) is 7.98. The molecule has 5 heteroatoms. The Morgan fingerprint density at radius 2 is 2.17 bits per heavy atom. The summed E-state index contributed by atoms with van der Waals surface area (Å²) in [6.07, 6.45) is 6.69. The van der Waals surface area contributed by atoms with Crippen LogP contribution in [0.3, 0.4) is 0 Å². The first-order chi connectivity index (χ1) is 11.3. The molecule has 0 saturated heterocycles. The maximum Gasteiger partial charge on any atom is 0.253 e. The molecule has 23 heavy (non-hydrogen) atoms. The van der Waals surface area contributed by atoms with Gasteiger partial charge in [0.05, 0.1) is 11.3 Å². The number of rotatable bonds is 3. The van der Waals surface area contributed by atoms with Crippen LogP contribution < -0.4 is 5.32 Å². The Morgan fingerprint density at radius 3 is 3.00 bits per heavy atom. The standard InChI is InChI=1S/C18H15N3OS/c22-18-15-10-17(21-16(15)4-7-20-18)13-3-6-19-14(9-13)2-1-12-5-8-23-11-12/h1-3,5-6,8-11,21H,4,7H2,(H,20,22). The highest BCUT2D eigenvalue weighted by atomic mass is 32.1. The Hall–Kier alpha value is -2.66. The van der Waals surface area contributed by atoms with E-state index in [4.69, 9.17) is 0 Å². The number of carbonyl (C=O) groups excluding carboxylic acids is 1. The monoisotopic (exact) mass is 321 g/mol. The van der Waals surface area contributed by atoms with Crippen molar-refractivity contribution in [3.05, 3.63) is 63.7 Å². The molecule has 114 valence electrons. The van der Waals surface area contributed by atoms with E-state index in [9.17, 15) is 4.79 Å². The number of thiophene rings is 1. The van der Waals surface area contributed by atoms with Crippen LogP contribution in [0.25, 0.3) is 23.4 Å². The van der Waals surface area contributed by atoms with Crippen molar-refractivity contribution in [2.45, 2.75) is 6.42 Å². The fourth-order valence-corrected chi connectivity index (χ4v) is 3.34. The molecular formula is C18H15N3OS. The molecule has 1 aliphatic rings. The van der Waals surface area contributed by atoms with E-state index < -0.39 is 0 Å². The molecule has 3 aromatic rings. The van der Waals surface area contributed by atoms with E-state index in [1.807, 2.05) is 24.3 Å². The number of amides is 1. The number of hydrogen-bond acceptors (Lipinski definition) is 3. The van der Waals surface area contributed by atoms with Gasteiger partial charge in [-0.05, 0) is 46.7 Å². The van der Waals surface area contributed by atoms with Crippen molar-refractivity contribution in [2.24, 2.45) is 0 Å². The van der Waals surface area contributed by atoms with Crippen molar-refractivity contribution >= 4 is 29.4 Å². The SMILES string of the molecule is O=C1NCCc2[nH]c(-c3ccnc(C=Cc4ccsc4)c3)cc21. The first kappa shape index (κ1) is 14.0. The number of fused-ring (bicyclic) bond motifs is 1. The summed E-state index contributed by atoms with van der Waals surface area (Å²) in [4.78, 5) is 19.6. The van der Waals surface area contributed by atoms with Crippen LogP contribution in [0.1, 0.15) is 27.3 Å². The lowest BCUT2D eigenvalue weighted by atomic mass is 10.1. The summed E-state index contributed by atoms with van der Waals surface area (Å²) < 4.78 is 0. The third kappa shape index (κ3) is 2.83. The number of pyridine rings is 1. The van der Waals surface area contributed by atoms with Crippen molar-refractivity contribution in [3.8, 4) is 11.3 Å². The van der Waals surface area contributed by atoms with Crippen molar-refractivity contribution in [1.29, 1.82) is 0 Å². The van der Waals surface area contributed by atoms with Gasteiger partial charge in [0.1, 0.15) is 0 Å². The van der Waals surface area contributed by atoms with Crippen LogP contribution in [-0.2, 0) is 6.42 Å². The van der Waals surface area contributed by atoms with Gasteiger partial charge in [-0.2, -0.15) is 11.3 Å². The molecule has 0 aromatic carbocycles. The number of hydrogen-bond donors (Lipinski definition) is 2. The maximum atomic E-state index is 11.9. The highest BCUT2D eigenvalue weighted by molar-refractivity contribution is 7.08. The van der Waals surface area contributed by atoms with Crippen molar-refractivity contribution in [2.75, 3.05) is 6.54 Å². The highest BCUT2D eigenvalue weighted by Gasteiger charge is 2.19. The molecule has 0 radical (unpaired) electrons. The summed E-state index contributed by atoms with van der Waals surface area (Å²) in [7, 11) is 0. The number of nitrogens with one attached hydrogen (secondary N) is 2. The fraction of sp³-hybridized carbons (Fsp3) is 0.111. The molecule has 2 N–H and O–H groups in total.